The first-order valence-electron chi connectivity index (χ1n) is 7.91. The van der Waals surface area contributed by atoms with Crippen LogP contribution in [0.25, 0.3) is 0 Å². The van der Waals surface area contributed by atoms with E-state index in [4.69, 9.17) is 4.74 Å². The second kappa shape index (κ2) is 7.63. The zero-order valence-electron chi connectivity index (χ0n) is 13.4. The van der Waals surface area contributed by atoms with Crippen molar-refractivity contribution in [1.82, 2.24) is 4.31 Å². The van der Waals surface area contributed by atoms with Crippen LogP contribution in [-0.2, 0) is 26.2 Å². The third-order valence-corrected chi connectivity index (χ3v) is 7.42. The van der Waals surface area contributed by atoms with Crippen molar-refractivity contribution in [2.45, 2.75) is 23.7 Å². The summed E-state index contributed by atoms with van der Waals surface area (Å²) in [4.78, 5) is 12.2. The summed E-state index contributed by atoms with van der Waals surface area (Å²) in [6.45, 7) is 0.601. The Bertz CT molecular complexity index is 828. The highest BCUT2D eigenvalue weighted by atomic mass is 32.2. The Kier molecular flexibility index (Phi) is 5.51. The van der Waals surface area contributed by atoms with E-state index in [0.29, 0.717) is 35.7 Å². The van der Waals surface area contributed by atoms with Crippen LogP contribution in [0.1, 0.15) is 18.4 Å². The van der Waals surface area contributed by atoms with Gasteiger partial charge in [0.05, 0.1) is 5.92 Å². The fourth-order valence-electron chi connectivity index (χ4n) is 2.77. The molecule has 0 spiro atoms. The minimum atomic E-state index is -3.47. The first kappa shape index (κ1) is 18.0. The van der Waals surface area contributed by atoms with Gasteiger partial charge in [-0.25, -0.2) is 12.8 Å². The van der Waals surface area contributed by atoms with Gasteiger partial charge in [-0.3, -0.25) is 4.79 Å². The number of benzene rings is 1. The molecule has 2 heterocycles. The van der Waals surface area contributed by atoms with Crippen LogP contribution < -0.4 is 0 Å². The van der Waals surface area contributed by atoms with E-state index in [-0.39, 0.29) is 24.3 Å². The second-order valence-electron chi connectivity index (χ2n) is 5.85. The summed E-state index contributed by atoms with van der Waals surface area (Å²) in [6.07, 6.45) is 0.846. The first-order valence-corrected chi connectivity index (χ1v) is 10.2. The third-order valence-electron chi connectivity index (χ3n) is 4.15. The molecule has 0 N–H and O–H groups in total. The summed E-state index contributed by atoms with van der Waals surface area (Å²) in [5.41, 5.74) is 0.589. The molecule has 2 aromatic rings. The Labute approximate surface area is 150 Å². The number of nitrogens with zero attached hydrogens (tertiary/aromatic N) is 1. The number of hydrogen-bond donors (Lipinski definition) is 0. The smallest absolute Gasteiger partial charge is 0.309 e. The average Bonchev–Trinajstić information content (AvgIpc) is 3.15. The lowest BCUT2D eigenvalue weighted by atomic mass is 9.98. The fraction of sp³-hybridized carbons (Fsp3) is 0.353. The lowest BCUT2D eigenvalue weighted by Gasteiger charge is -2.29. The summed E-state index contributed by atoms with van der Waals surface area (Å²) in [7, 11) is -3.47. The topological polar surface area (TPSA) is 63.7 Å². The van der Waals surface area contributed by atoms with Crippen LogP contribution in [0, 0.1) is 11.7 Å². The Morgan fingerprint density at radius 1 is 1.24 bits per heavy atom. The van der Waals surface area contributed by atoms with Gasteiger partial charge in [-0.2, -0.15) is 4.31 Å². The molecule has 8 heteroatoms. The van der Waals surface area contributed by atoms with Crippen LogP contribution in [0.4, 0.5) is 4.39 Å². The molecule has 0 aliphatic carbocycles. The van der Waals surface area contributed by atoms with Gasteiger partial charge in [-0.15, -0.1) is 11.3 Å². The van der Waals surface area contributed by atoms with E-state index in [1.807, 2.05) is 0 Å². The van der Waals surface area contributed by atoms with Crippen LogP contribution in [0.15, 0.2) is 46.0 Å². The van der Waals surface area contributed by atoms with Crippen molar-refractivity contribution < 1.29 is 22.3 Å². The highest BCUT2D eigenvalue weighted by Gasteiger charge is 2.33. The Balaban J connectivity index is 1.52. The van der Waals surface area contributed by atoms with Crippen LogP contribution in [0.3, 0.4) is 0 Å². The molecule has 1 fully saturated rings. The number of halogens is 1. The van der Waals surface area contributed by atoms with Crippen molar-refractivity contribution in [3.63, 3.8) is 0 Å². The number of piperidine rings is 1. The second-order valence-corrected chi connectivity index (χ2v) is 8.96. The highest BCUT2D eigenvalue weighted by Crippen LogP contribution is 2.27. The maximum Gasteiger partial charge on any atom is 0.309 e. The standard InChI is InChI=1S/C17H18FNO4S2/c18-15-4-1-3-13(11-15)12-23-17(20)14-6-8-19(9-7-14)25(21,22)16-5-2-10-24-16/h1-5,10-11,14H,6-9,12H2. The summed E-state index contributed by atoms with van der Waals surface area (Å²) in [6, 6.07) is 9.19. The lowest BCUT2D eigenvalue weighted by molar-refractivity contribution is -0.151. The van der Waals surface area contributed by atoms with E-state index in [9.17, 15) is 17.6 Å². The summed E-state index contributed by atoms with van der Waals surface area (Å²) < 4.78 is 45.0. The van der Waals surface area contributed by atoms with Crippen molar-refractivity contribution in [2.24, 2.45) is 5.92 Å². The van der Waals surface area contributed by atoms with Gasteiger partial charge in [0, 0.05) is 13.1 Å². The number of ether oxygens (including phenoxy) is 1. The van der Waals surface area contributed by atoms with Crippen LogP contribution in [-0.4, -0.2) is 31.8 Å². The molecule has 1 aromatic heterocycles. The molecule has 0 radical (unpaired) electrons. The molecule has 134 valence electrons. The summed E-state index contributed by atoms with van der Waals surface area (Å²) >= 11 is 1.19. The monoisotopic (exact) mass is 383 g/mol. The van der Waals surface area contributed by atoms with Crippen LogP contribution >= 0.6 is 11.3 Å². The lowest BCUT2D eigenvalue weighted by Crippen LogP contribution is -2.40. The van der Waals surface area contributed by atoms with Gasteiger partial charge in [-0.1, -0.05) is 18.2 Å². The SMILES string of the molecule is O=C(OCc1cccc(F)c1)C1CCN(S(=O)(=O)c2cccs2)CC1. The van der Waals surface area contributed by atoms with Crippen LogP contribution in [0.5, 0.6) is 0 Å². The minimum absolute atomic E-state index is 0.0182. The number of hydrogen-bond acceptors (Lipinski definition) is 5. The first-order chi connectivity index (χ1) is 12.0. The van der Waals surface area contributed by atoms with Gasteiger partial charge in [0.2, 0.25) is 0 Å². The molecule has 1 aliphatic rings. The van der Waals surface area contributed by atoms with Crippen LogP contribution in [0.2, 0.25) is 0 Å². The molecule has 1 aromatic carbocycles. The molecule has 3 rings (SSSR count). The van der Waals surface area contributed by atoms with Gasteiger partial charge in [0.1, 0.15) is 16.6 Å². The van der Waals surface area contributed by atoms with Crippen molar-refractivity contribution in [1.29, 1.82) is 0 Å². The largest absolute Gasteiger partial charge is 0.461 e. The zero-order chi connectivity index (χ0) is 17.9. The predicted molar refractivity (Wildman–Crippen MR) is 92.0 cm³/mol. The number of esters is 1. The van der Waals surface area contributed by atoms with Crippen molar-refractivity contribution >= 4 is 27.3 Å². The molecule has 0 bridgehead atoms. The molecule has 0 atom stereocenters. The quantitative estimate of drug-likeness (QED) is 0.745. The fourth-order valence-corrected chi connectivity index (χ4v) is 5.38. The van der Waals surface area contributed by atoms with Gasteiger partial charge >= 0.3 is 5.97 Å². The average molecular weight is 383 g/mol. The minimum Gasteiger partial charge on any atom is -0.461 e. The number of rotatable bonds is 5. The molecule has 0 amide bonds. The van der Waals surface area contributed by atoms with E-state index < -0.39 is 10.0 Å². The molecular formula is C17H18FNO4S2. The Morgan fingerprint density at radius 3 is 2.64 bits per heavy atom. The summed E-state index contributed by atoms with van der Waals surface area (Å²) in [5, 5.41) is 1.73. The van der Waals surface area contributed by atoms with E-state index in [2.05, 4.69) is 0 Å². The number of carbonyl (C=O) groups is 1. The van der Waals surface area contributed by atoms with Gasteiger partial charge in [0.15, 0.2) is 0 Å². The molecule has 1 aliphatic heterocycles. The number of thiophene rings is 1. The number of carbonyl (C=O) groups excluding carboxylic acids is 1. The number of sulfonamides is 1. The van der Waals surface area contributed by atoms with E-state index >= 15 is 0 Å². The molecule has 1 saturated heterocycles. The van der Waals surface area contributed by atoms with Gasteiger partial charge in [-0.05, 0) is 42.0 Å². The van der Waals surface area contributed by atoms with Crippen molar-refractivity contribution in [3.05, 3.63) is 53.2 Å². The summed E-state index contributed by atoms with van der Waals surface area (Å²) in [5.74, 6) is -1.07. The maximum atomic E-state index is 13.1. The van der Waals surface area contributed by atoms with Crippen molar-refractivity contribution in [3.8, 4) is 0 Å². The van der Waals surface area contributed by atoms with E-state index in [0.717, 1.165) is 0 Å². The molecule has 0 unspecified atom stereocenters. The highest BCUT2D eigenvalue weighted by molar-refractivity contribution is 7.91. The van der Waals surface area contributed by atoms with E-state index in [1.165, 1.54) is 27.8 Å². The van der Waals surface area contributed by atoms with E-state index in [1.54, 1.807) is 29.6 Å². The molecule has 25 heavy (non-hydrogen) atoms. The predicted octanol–water partition coefficient (Wildman–Crippen LogP) is 3.03. The maximum absolute atomic E-state index is 13.1. The molecule has 5 nitrogen and oxygen atoms in total. The zero-order valence-corrected chi connectivity index (χ0v) is 15.1. The normalized spacial score (nSPS) is 16.7. The molecular weight excluding hydrogens is 365 g/mol. The van der Waals surface area contributed by atoms with Gasteiger partial charge < -0.3 is 4.74 Å². The van der Waals surface area contributed by atoms with Crippen molar-refractivity contribution in [2.75, 3.05) is 13.1 Å². The molecule has 0 saturated carbocycles. The third kappa shape index (κ3) is 4.26. The Morgan fingerprint density at radius 2 is 2.00 bits per heavy atom. The Hall–Kier alpha value is -1.77. The van der Waals surface area contributed by atoms with Gasteiger partial charge in [0.25, 0.3) is 10.0 Å².